The molecule has 0 aliphatic carbocycles. The largest absolute Gasteiger partial charge is 0.496 e. The number of halogens is 2. The van der Waals surface area contributed by atoms with Crippen LogP contribution in [0.25, 0.3) is 0 Å². The summed E-state index contributed by atoms with van der Waals surface area (Å²) in [7, 11) is 1.31. The van der Waals surface area contributed by atoms with Crippen LogP contribution in [0, 0.1) is 0 Å². The lowest BCUT2D eigenvalue weighted by Gasteiger charge is -2.16. The summed E-state index contributed by atoms with van der Waals surface area (Å²) >= 11 is 0. The molecule has 1 amide bonds. The summed E-state index contributed by atoms with van der Waals surface area (Å²) < 4.78 is 31.0. The summed E-state index contributed by atoms with van der Waals surface area (Å²) in [5, 5.41) is 0. The van der Waals surface area contributed by atoms with Gasteiger partial charge in [-0.1, -0.05) is 0 Å². The van der Waals surface area contributed by atoms with E-state index in [1.165, 1.54) is 19.4 Å². The number of H-pyrrole nitrogens is 1. The van der Waals surface area contributed by atoms with Gasteiger partial charge in [0, 0.05) is 19.2 Å². The quantitative estimate of drug-likeness (QED) is 0.856. The Hall–Kier alpha value is -1.92. The molecule has 1 aliphatic rings. The van der Waals surface area contributed by atoms with E-state index in [-0.39, 0.29) is 24.3 Å². The molecule has 1 N–H and O–H groups in total. The molecule has 1 aliphatic heterocycles. The van der Waals surface area contributed by atoms with Crippen molar-refractivity contribution < 1.29 is 18.3 Å². The van der Waals surface area contributed by atoms with E-state index in [0.717, 1.165) is 4.90 Å². The van der Waals surface area contributed by atoms with Crippen LogP contribution in [-0.4, -0.2) is 41.9 Å². The Labute approximate surface area is 101 Å². The number of methoxy groups -OCH3 is 1. The third kappa shape index (κ3) is 2.20. The molecule has 5 nitrogen and oxygen atoms in total. The predicted molar refractivity (Wildman–Crippen MR) is 59.1 cm³/mol. The van der Waals surface area contributed by atoms with E-state index in [0.29, 0.717) is 0 Å². The second-order valence-electron chi connectivity index (χ2n) is 4.08. The fraction of sp³-hybridized carbons (Fsp3) is 0.455. The maximum atomic E-state index is 13.0. The fourth-order valence-electron chi connectivity index (χ4n) is 1.90. The van der Waals surface area contributed by atoms with Gasteiger partial charge in [-0.25, -0.2) is 8.78 Å². The normalized spacial score (nSPS) is 17.8. The van der Waals surface area contributed by atoms with Crippen LogP contribution in [0.5, 0.6) is 5.75 Å². The second-order valence-corrected chi connectivity index (χ2v) is 4.08. The molecule has 7 heteroatoms. The maximum Gasteiger partial charge on any atom is 0.267 e. The van der Waals surface area contributed by atoms with Crippen molar-refractivity contribution in [1.82, 2.24) is 9.88 Å². The summed E-state index contributed by atoms with van der Waals surface area (Å²) in [4.78, 5) is 26.9. The van der Waals surface area contributed by atoms with Crippen LogP contribution >= 0.6 is 0 Å². The molecule has 0 saturated carbocycles. The average Bonchev–Trinajstić information content (AvgIpc) is 2.68. The van der Waals surface area contributed by atoms with Crippen molar-refractivity contribution in [1.29, 1.82) is 0 Å². The van der Waals surface area contributed by atoms with E-state index < -0.39 is 23.9 Å². The second kappa shape index (κ2) is 4.40. The number of amides is 1. The third-order valence-corrected chi connectivity index (χ3v) is 2.81. The number of hydrogen-bond donors (Lipinski definition) is 1. The molecule has 0 atom stereocenters. The average molecular weight is 258 g/mol. The lowest BCUT2D eigenvalue weighted by Crippen LogP contribution is -2.35. The predicted octanol–water partition coefficient (Wildman–Crippen LogP) is 0.865. The molecule has 0 radical (unpaired) electrons. The number of likely N-dealkylation sites (tertiary alicyclic amines) is 1. The van der Waals surface area contributed by atoms with Crippen molar-refractivity contribution in [2.24, 2.45) is 0 Å². The van der Waals surface area contributed by atoms with Gasteiger partial charge in [0.25, 0.3) is 17.4 Å². The number of pyridine rings is 1. The molecule has 0 unspecified atom stereocenters. The van der Waals surface area contributed by atoms with E-state index in [9.17, 15) is 18.4 Å². The summed E-state index contributed by atoms with van der Waals surface area (Å²) in [6, 6.07) is 1.41. The Morgan fingerprint density at radius 2 is 2.28 bits per heavy atom. The summed E-state index contributed by atoms with van der Waals surface area (Å²) in [6.07, 6.45) is 0.947. The molecule has 0 aromatic carbocycles. The number of nitrogens with zero attached hydrogens (tertiary/aromatic N) is 1. The van der Waals surface area contributed by atoms with E-state index in [4.69, 9.17) is 4.74 Å². The number of aromatic amines is 1. The van der Waals surface area contributed by atoms with Crippen molar-refractivity contribution in [3.63, 3.8) is 0 Å². The minimum atomic E-state index is -2.88. The highest BCUT2D eigenvalue weighted by molar-refractivity contribution is 5.96. The third-order valence-electron chi connectivity index (χ3n) is 2.81. The first-order valence-electron chi connectivity index (χ1n) is 5.37. The number of aromatic nitrogens is 1. The van der Waals surface area contributed by atoms with Crippen LogP contribution in [0.1, 0.15) is 16.8 Å². The Kier molecular flexibility index (Phi) is 3.06. The highest BCUT2D eigenvalue weighted by atomic mass is 19.3. The Bertz CT molecular complexity index is 527. The standard InChI is InChI=1S/C11H12F2N2O3/c1-18-7-2-4-14-9(16)8(7)10(17)15-5-3-11(12,13)6-15/h2,4H,3,5-6H2,1H3,(H,14,16). The zero-order valence-corrected chi connectivity index (χ0v) is 9.70. The number of hydrogen-bond acceptors (Lipinski definition) is 3. The van der Waals surface area contributed by atoms with Crippen molar-refractivity contribution in [2.45, 2.75) is 12.3 Å². The molecular weight excluding hydrogens is 246 g/mol. The van der Waals surface area contributed by atoms with Gasteiger partial charge in [-0.15, -0.1) is 0 Å². The molecule has 1 saturated heterocycles. The number of carbonyl (C=O) groups excluding carboxylic acids is 1. The first-order chi connectivity index (χ1) is 8.44. The highest BCUT2D eigenvalue weighted by Gasteiger charge is 2.41. The van der Waals surface area contributed by atoms with Crippen LogP contribution in [0.4, 0.5) is 8.78 Å². The number of ether oxygens (including phenoxy) is 1. The van der Waals surface area contributed by atoms with Crippen LogP contribution in [0.15, 0.2) is 17.1 Å². The van der Waals surface area contributed by atoms with Gasteiger partial charge in [-0.05, 0) is 6.07 Å². The molecule has 98 valence electrons. The van der Waals surface area contributed by atoms with Gasteiger partial charge >= 0.3 is 0 Å². The van der Waals surface area contributed by atoms with Crippen molar-refractivity contribution in [3.05, 3.63) is 28.2 Å². The molecule has 1 fully saturated rings. The Balaban J connectivity index is 2.33. The molecule has 0 bridgehead atoms. The number of alkyl halides is 2. The molecule has 1 aromatic rings. The van der Waals surface area contributed by atoms with Gasteiger partial charge in [0.2, 0.25) is 0 Å². The minimum Gasteiger partial charge on any atom is -0.496 e. The van der Waals surface area contributed by atoms with E-state index in [2.05, 4.69) is 4.98 Å². The summed E-state index contributed by atoms with van der Waals surface area (Å²) in [6.45, 7) is -0.730. The monoisotopic (exact) mass is 258 g/mol. The van der Waals surface area contributed by atoms with E-state index >= 15 is 0 Å². The summed E-state index contributed by atoms with van der Waals surface area (Å²) in [5.41, 5.74) is -0.882. The lowest BCUT2D eigenvalue weighted by molar-refractivity contribution is 0.0119. The van der Waals surface area contributed by atoms with Crippen LogP contribution < -0.4 is 10.3 Å². The van der Waals surface area contributed by atoms with Gasteiger partial charge in [0.1, 0.15) is 11.3 Å². The summed E-state index contributed by atoms with van der Waals surface area (Å²) in [5.74, 6) is -3.53. The van der Waals surface area contributed by atoms with Crippen LogP contribution in [0.3, 0.4) is 0 Å². The molecule has 1 aromatic heterocycles. The fourth-order valence-corrected chi connectivity index (χ4v) is 1.90. The van der Waals surface area contributed by atoms with Gasteiger partial charge in [-0.3, -0.25) is 9.59 Å². The van der Waals surface area contributed by atoms with Crippen LogP contribution in [0.2, 0.25) is 0 Å². The first kappa shape index (κ1) is 12.5. The smallest absolute Gasteiger partial charge is 0.267 e. The van der Waals surface area contributed by atoms with Crippen LogP contribution in [-0.2, 0) is 0 Å². The maximum absolute atomic E-state index is 13.0. The molecular formula is C11H12F2N2O3. The first-order valence-corrected chi connectivity index (χ1v) is 5.37. The van der Waals surface area contributed by atoms with E-state index in [1.807, 2.05) is 0 Å². The molecule has 2 heterocycles. The number of carbonyl (C=O) groups is 1. The zero-order chi connectivity index (χ0) is 13.3. The van der Waals surface area contributed by atoms with Gasteiger partial charge < -0.3 is 14.6 Å². The number of nitrogens with one attached hydrogen (secondary N) is 1. The van der Waals surface area contributed by atoms with E-state index in [1.54, 1.807) is 0 Å². The topological polar surface area (TPSA) is 62.4 Å². The van der Waals surface area contributed by atoms with Crippen molar-refractivity contribution >= 4 is 5.91 Å². The lowest BCUT2D eigenvalue weighted by atomic mass is 10.2. The van der Waals surface area contributed by atoms with Gasteiger partial charge in [0.15, 0.2) is 0 Å². The molecule has 18 heavy (non-hydrogen) atoms. The Morgan fingerprint density at radius 1 is 1.56 bits per heavy atom. The minimum absolute atomic E-state index is 0.0661. The SMILES string of the molecule is COc1cc[nH]c(=O)c1C(=O)N1CCC(F)(F)C1. The van der Waals surface area contributed by atoms with Gasteiger partial charge in [-0.2, -0.15) is 0 Å². The molecule has 2 rings (SSSR count). The van der Waals surface area contributed by atoms with Crippen molar-refractivity contribution in [2.75, 3.05) is 20.2 Å². The molecule has 0 spiro atoms. The number of rotatable bonds is 2. The zero-order valence-electron chi connectivity index (χ0n) is 9.70. The Morgan fingerprint density at radius 3 is 2.83 bits per heavy atom. The van der Waals surface area contributed by atoms with Gasteiger partial charge in [0.05, 0.1) is 13.7 Å². The highest BCUT2D eigenvalue weighted by Crippen LogP contribution is 2.28. The van der Waals surface area contributed by atoms with Crippen molar-refractivity contribution in [3.8, 4) is 5.75 Å².